The third-order valence-corrected chi connectivity index (χ3v) is 6.62. The van der Waals surface area contributed by atoms with Crippen LogP contribution in [0.15, 0.2) is 34.9 Å². The molecule has 0 aromatic carbocycles. The van der Waals surface area contributed by atoms with E-state index in [1.54, 1.807) is 5.57 Å². The molecule has 0 aromatic rings. The number of hydrogen-bond acceptors (Lipinski definition) is 1. The van der Waals surface area contributed by atoms with Crippen molar-refractivity contribution in [3.63, 3.8) is 0 Å². The van der Waals surface area contributed by atoms with E-state index in [0.717, 1.165) is 19.3 Å². The van der Waals surface area contributed by atoms with Crippen LogP contribution in [-0.2, 0) is 0 Å². The molecule has 5 atom stereocenters. The molecule has 3 aliphatic rings. The second-order valence-corrected chi connectivity index (χ2v) is 7.84. The van der Waals surface area contributed by atoms with Gasteiger partial charge < -0.3 is 0 Å². The molecule has 112 valence electrons. The first-order valence-electron chi connectivity index (χ1n) is 8.38. The Morgan fingerprint density at radius 2 is 2.05 bits per heavy atom. The fourth-order valence-corrected chi connectivity index (χ4v) is 5.38. The highest BCUT2D eigenvalue weighted by Gasteiger charge is 2.58. The highest BCUT2D eigenvalue weighted by Crippen LogP contribution is 2.65. The molecule has 0 N–H and O–H groups in total. The SMILES string of the molecule is C/C=C1\[C@]2(C)CC3=C(C=CC(C)C3)[C@@]1(C#N)CC(C)[C@@H]2C. The molecule has 1 heteroatoms. The second-order valence-electron chi connectivity index (χ2n) is 7.84. The first kappa shape index (κ1) is 14.6. The Kier molecular flexibility index (Phi) is 3.21. The highest BCUT2D eigenvalue weighted by atomic mass is 14.6. The fourth-order valence-electron chi connectivity index (χ4n) is 5.38. The Morgan fingerprint density at radius 3 is 2.67 bits per heavy atom. The van der Waals surface area contributed by atoms with Crippen LogP contribution in [0.25, 0.3) is 0 Å². The van der Waals surface area contributed by atoms with Crippen molar-refractivity contribution in [1.82, 2.24) is 0 Å². The Hall–Kier alpha value is -1.29. The van der Waals surface area contributed by atoms with Gasteiger partial charge in [0.2, 0.25) is 0 Å². The van der Waals surface area contributed by atoms with Gasteiger partial charge in [-0.2, -0.15) is 5.26 Å². The number of allylic oxidation sites excluding steroid dienone is 6. The lowest BCUT2D eigenvalue weighted by molar-refractivity contribution is 0.0818. The van der Waals surface area contributed by atoms with Crippen molar-refractivity contribution in [2.75, 3.05) is 0 Å². The fraction of sp³-hybridized carbons (Fsp3) is 0.650. The van der Waals surface area contributed by atoms with E-state index in [-0.39, 0.29) is 10.8 Å². The van der Waals surface area contributed by atoms with Crippen LogP contribution >= 0.6 is 0 Å². The maximum Gasteiger partial charge on any atom is 0.104 e. The maximum absolute atomic E-state index is 10.2. The molecule has 0 aromatic heterocycles. The molecule has 3 aliphatic carbocycles. The standard InChI is InChI=1S/C20H27N/c1-6-18-19(5)11-16-9-13(2)7-8-17(16)20(18,12-21)10-14(3)15(19)4/h6-8,13-15H,9-11H2,1-5H3/b18-6+/t13?,14?,15-,19+,20-/m0/s1. The first-order valence-corrected chi connectivity index (χ1v) is 8.38. The van der Waals surface area contributed by atoms with E-state index in [2.05, 4.69) is 58.9 Å². The molecule has 0 amide bonds. The molecule has 0 radical (unpaired) electrons. The van der Waals surface area contributed by atoms with E-state index in [9.17, 15) is 5.26 Å². The zero-order valence-electron chi connectivity index (χ0n) is 14.0. The average molecular weight is 281 g/mol. The lowest BCUT2D eigenvalue weighted by Crippen LogP contribution is -2.50. The van der Waals surface area contributed by atoms with Crippen LogP contribution in [0.3, 0.4) is 0 Å². The van der Waals surface area contributed by atoms with Gasteiger partial charge in [-0.1, -0.05) is 51.5 Å². The third-order valence-electron chi connectivity index (χ3n) is 6.62. The third kappa shape index (κ3) is 1.75. The van der Waals surface area contributed by atoms with Gasteiger partial charge in [0, 0.05) is 0 Å². The van der Waals surface area contributed by atoms with Crippen molar-refractivity contribution >= 4 is 0 Å². The van der Waals surface area contributed by atoms with E-state index >= 15 is 0 Å². The predicted octanol–water partition coefficient (Wildman–Crippen LogP) is 5.42. The van der Waals surface area contributed by atoms with Crippen LogP contribution in [0.5, 0.6) is 0 Å². The number of fused-ring (bicyclic) bond motifs is 3. The minimum atomic E-state index is -0.361. The van der Waals surface area contributed by atoms with Crippen molar-refractivity contribution in [2.24, 2.45) is 28.6 Å². The van der Waals surface area contributed by atoms with E-state index in [1.165, 1.54) is 11.1 Å². The van der Waals surface area contributed by atoms with E-state index < -0.39 is 0 Å². The van der Waals surface area contributed by atoms with Crippen molar-refractivity contribution in [3.8, 4) is 6.07 Å². The Balaban J connectivity index is 2.27. The number of nitrogens with zero attached hydrogens (tertiary/aromatic N) is 1. The van der Waals surface area contributed by atoms with Crippen molar-refractivity contribution in [1.29, 1.82) is 5.26 Å². The molecule has 3 rings (SSSR count). The molecule has 2 bridgehead atoms. The molecule has 1 nitrogen and oxygen atoms in total. The molecule has 0 heterocycles. The van der Waals surface area contributed by atoms with Gasteiger partial charge in [0.05, 0.1) is 6.07 Å². The summed E-state index contributed by atoms with van der Waals surface area (Å²) < 4.78 is 0. The minimum absolute atomic E-state index is 0.159. The van der Waals surface area contributed by atoms with Gasteiger partial charge >= 0.3 is 0 Å². The monoisotopic (exact) mass is 281 g/mol. The van der Waals surface area contributed by atoms with Crippen LogP contribution in [0.4, 0.5) is 0 Å². The van der Waals surface area contributed by atoms with E-state index in [4.69, 9.17) is 0 Å². The summed E-state index contributed by atoms with van der Waals surface area (Å²) in [5, 5.41) is 10.2. The summed E-state index contributed by atoms with van der Waals surface area (Å²) in [6.45, 7) is 11.5. The quantitative estimate of drug-likeness (QED) is 0.544. The number of hydrogen-bond donors (Lipinski definition) is 0. The zero-order valence-corrected chi connectivity index (χ0v) is 14.0. The normalized spacial score (nSPS) is 47.2. The lowest BCUT2D eigenvalue weighted by atomic mass is 9.45. The molecule has 0 spiro atoms. The van der Waals surface area contributed by atoms with Gasteiger partial charge in [0.1, 0.15) is 5.41 Å². The van der Waals surface area contributed by atoms with Crippen LogP contribution in [-0.4, -0.2) is 0 Å². The van der Waals surface area contributed by atoms with Crippen molar-refractivity contribution in [2.45, 2.75) is 53.9 Å². The Morgan fingerprint density at radius 1 is 1.33 bits per heavy atom. The molecule has 2 unspecified atom stereocenters. The maximum atomic E-state index is 10.2. The summed E-state index contributed by atoms with van der Waals surface area (Å²) in [7, 11) is 0. The molecular weight excluding hydrogens is 254 g/mol. The van der Waals surface area contributed by atoms with E-state index in [0.29, 0.717) is 17.8 Å². The Bertz CT molecular complexity index is 600. The average Bonchev–Trinajstić information content (AvgIpc) is 2.44. The zero-order chi connectivity index (χ0) is 15.4. The summed E-state index contributed by atoms with van der Waals surface area (Å²) in [6, 6.07) is 2.76. The summed E-state index contributed by atoms with van der Waals surface area (Å²) in [5.74, 6) is 1.85. The number of nitriles is 1. The lowest BCUT2D eigenvalue weighted by Gasteiger charge is -2.57. The largest absolute Gasteiger partial charge is 0.197 e. The van der Waals surface area contributed by atoms with Gasteiger partial charge in [-0.15, -0.1) is 0 Å². The van der Waals surface area contributed by atoms with Gasteiger partial charge in [-0.05, 0) is 60.5 Å². The molecule has 0 saturated heterocycles. The van der Waals surface area contributed by atoms with Gasteiger partial charge in [0.15, 0.2) is 0 Å². The van der Waals surface area contributed by atoms with Crippen molar-refractivity contribution < 1.29 is 0 Å². The molecule has 1 saturated carbocycles. The predicted molar refractivity (Wildman–Crippen MR) is 87.4 cm³/mol. The summed E-state index contributed by atoms with van der Waals surface area (Å²) in [4.78, 5) is 0. The Labute approximate surface area is 129 Å². The smallest absolute Gasteiger partial charge is 0.104 e. The molecule has 0 aliphatic heterocycles. The molecular formula is C20H27N. The molecule has 1 fully saturated rings. The van der Waals surface area contributed by atoms with Crippen LogP contribution in [0.1, 0.15) is 53.9 Å². The number of rotatable bonds is 0. The highest BCUT2D eigenvalue weighted by molar-refractivity contribution is 5.54. The van der Waals surface area contributed by atoms with Gasteiger partial charge in [-0.25, -0.2) is 0 Å². The van der Waals surface area contributed by atoms with Gasteiger partial charge in [0.25, 0.3) is 0 Å². The van der Waals surface area contributed by atoms with Crippen LogP contribution in [0.2, 0.25) is 0 Å². The summed E-state index contributed by atoms with van der Waals surface area (Å²) in [5.41, 5.74) is 4.08. The minimum Gasteiger partial charge on any atom is -0.197 e. The van der Waals surface area contributed by atoms with Crippen LogP contribution in [0, 0.1) is 39.9 Å². The second kappa shape index (κ2) is 4.60. The van der Waals surface area contributed by atoms with Crippen molar-refractivity contribution in [3.05, 3.63) is 34.9 Å². The van der Waals surface area contributed by atoms with E-state index in [1.807, 2.05) is 0 Å². The molecule has 21 heavy (non-hydrogen) atoms. The van der Waals surface area contributed by atoms with Crippen LogP contribution < -0.4 is 0 Å². The first-order chi connectivity index (χ1) is 9.89. The van der Waals surface area contributed by atoms with Gasteiger partial charge in [-0.3, -0.25) is 0 Å². The summed E-state index contributed by atoms with van der Waals surface area (Å²) >= 11 is 0. The topological polar surface area (TPSA) is 23.8 Å². The summed E-state index contributed by atoms with van der Waals surface area (Å²) in [6.07, 6.45) is 10.1.